The molecule has 0 fully saturated rings. The minimum absolute atomic E-state index is 0. The fraction of sp³-hybridized carbons (Fsp3) is 0.118. The number of fused-ring (bicyclic) bond motifs is 1. The molecule has 3 aromatic carbocycles. The Bertz CT molecular complexity index is 663. The minimum atomic E-state index is 0. The Morgan fingerprint density at radius 1 is 0.889 bits per heavy atom. The zero-order valence-electron chi connectivity index (χ0n) is 11.2. The van der Waals surface area contributed by atoms with Gasteiger partial charge in [0.2, 0.25) is 0 Å². The van der Waals surface area contributed by atoms with Crippen LogP contribution >= 0.6 is 0 Å². The summed E-state index contributed by atoms with van der Waals surface area (Å²) in [5.74, 6) is 0. The van der Waals surface area contributed by atoms with Gasteiger partial charge in [-0.25, -0.2) is 0 Å². The smallest absolute Gasteiger partial charge is 0.165 e. The first-order valence-corrected chi connectivity index (χ1v) is 5.97. The topological polar surface area (TPSA) is 0 Å². The molecule has 0 nitrogen and oxygen atoms in total. The minimum Gasteiger partial charge on any atom is -0.165 e. The van der Waals surface area contributed by atoms with Crippen molar-refractivity contribution < 1.29 is 18.9 Å². The number of benzene rings is 2. The molecule has 3 aromatic rings. The zero-order chi connectivity index (χ0) is 11.8. The molecule has 84 valence electrons. The largest absolute Gasteiger partial charge is 1.00 e. The van der Waals surface area contributed by atoms with Gasteiger partial charge >= 0.3 is 18.9 Å². The van der Waals surface area contributed by atoms with Crippen LogP contribution < -0.4 is 18.9 Å². The van der Waals surface area contributed by atoms with Gasteiger partial charge in [-0.1, -0.05) is 54.4 Å². The van der Waals surface area contributed by atoms with E-state index in [9.17, 15) is 0 Å². The van der Waals surface area contributed by atoms with Gasteiger partial charge in [0, 0.05) is 0 Å². The summed E-state index contributed by atoms with van der Waals surface area (Å²) in [7, 11) is 0. The third kappa shape index (κ3) is 2.27. The summed E-state index contributed by atoms with van der Waals surface area (Å²) in [6.45, 7) is 4.32. The summed E-state index contributed by atoms with van der Waals surface area (Å²) in [5.41, 5.74) is 5.30. The molecule has 18 heavy (non-hydrogen) atoms. The first-order valence-electron chi connectivity index (χ1n) is 5.97. The molecule has 0 N–H and O–H groups in total. The maximum atomic E-state index is 2.27. The average molecular weight is 226 g/mol. The molecular formula is C17H15Li. The summed E-state index contributed by atoms with van der Waals surface area (Å²) in [5, 5.41) is 2.71. The molecule has 3 rings (SSSR count). The quantitative estimate of drug-likeness (QED) is 0.439. The van der Waals surface area contributed by atoms with Crippen molar-refractivity contribution in [2.75, 3.05) is 0 Å². The molecule has 0 bridgehead atoms. The van der Waals surface area contributed by atoms with Crippen LogP contribution in [0.2, 0.25) is 0 Å². The molecule has 0 saturated heterocycles. The van der Waals surface area contributed by atoms with Gasteiger partial charge in [0.25, 0.3) is 0 Å². The summed E-state index contributed by atoms with van der Waals surface area (Å²) in [6.07, 6.45) is 0. The van der Waals surface area contributed by atoms with Crippen molar-refractivity contribution in [3.05, 3.63) is 65.7 Å². The van der Waals surface area contributed by atoms with E-state index in [1.54, 1.807) is 0 Å². The Morgan fingerprint density at radius 3 is 2.33 bits per heavy atom. The van der Waals surface area contributed by atoms with Crippen molar-refractivity contribution >= 4 is 10.8 Å². The molecule has 0 aliphatic carbocycles. The third-order valence-electron chi connectivity index (χ3n) is 3.20. The first kappa shape index (κ1) is 13.1. The maximum absolute atomic E-state index is 2.27. The van der Waals surface area contributed by atoms with Gasteiger partial charge in [0.05, 0.1) is 0 Å². The molecule has 1 heteroatoms. The van der Waals surface area contributed by atoms with Crippen molar-refractivity contribution in [2.24, 2.45) is 0 Å². The number of aryl methyl sites for hydroxylation is 2. The normalized spacial score (nSPS) is 10.3. The Balaban J connectivity index is 0.00000120. The zero-order valence-corrected chi connectivity index (χ0v) is 11.2. The van der Waals surface area contributed by atoms with Crippen LogP contribution in [-0.4, -0.2) is 0 Å². The van der Waals surface area contributed by atoms with Crippen LogP contribution in [0.3, 0.4) is 0 Å². The summed E-state index contributed by atoms with van der Waals surface area (Å²) >= 11 is 0. The number of rotatable bonds is 1. The van der Waals surface area contributed by atoms with Gasteiger partial charge in [-0.15, -0.1) is 28.5 Å². The first-order chi connectivity index (χ1) is 8.24. The van der Waals surface area contributed by atoms with E-state index in [1.165, 1.54) is 33.0 Å². The van der Waals surface area contributed by atoms with Gasteiger partial charge in [0.1, 0.15) is 0 Å². The van der Waals surface area contributed by atoms with E-state index < -0.39 is 0 Å². The second kappa shape index (κ2) is 5.10. The van der Waals surface area contributed by atoms with E-state index >= 15 is 0 Å². The second-order valence-corrected chi connectivity index (χ2v) is 4.71. The molecule has 0 heterocycles. The molecule has 0 aromatic heterocycles. The summed E-state index contributed by atoms with van der Waals surface area (Å²) in [6, 6.07) is 19.7. The molecule has 0 unspecified atom stereocenters. The van der Waals surface area contributed by atoms with Crippen molar-refractivity contribution in [3.8, 4) is 11.1 Å². The average Bonchev–Trinajstić information content (AvgIpc) is 2.69. The van der Waals surface area contributed by atoms with Crippen LogP contribution in [0, 0.1) is 13.8 Å². The van der Waals surface area contributed by atoms with Crippen molar-refractivity contribution in [2.45, 2.75) is 13.8 Å². The molecule has 0 aliphatic heterocycles. The van der Waals surface area contributed by atoms with Crippen LogP contribution in [0.25, 0.3) is 21.9 Å². The van der Waals surface area contributed by atoms with Crippen LogP contribution in [0.5, 0.6) is 0 Å². The van der Waals surface area contributed by atoms with Gasteiger partial charge < -0.3 is 0 Å². The molecular weight excluding hydrogens is 211 g/mol. The van der Waals surface area contributed by atoms with Gasteiger partial charge in [-0.2, -0.15) is 6.07 Å². The standard InChI is InChI=1S/C17H15.Li/c1-12-8-15-9-13(2)11-17(15)16(10-12)14-6-4-3-5-7-14;/h3-11H,1-2H3;/q-1;+1. The van der Waals surface area contributed by atoms with E-state index in [0.29, 0.717) is 0 Å². The maximum Gasteiger partial charge on any atom is 1.00 e. The SMILES string of the molecule is Cc1cc(-c2ccccc2)c2cc(C)[cH-]c2c1.[Li+]. The number of hydrogen-bond donors (Lipinski definition) is 0. The van der Waals surface area contributed by atoms with E-state index in [1.807, 2.05) is 0 Å². The second-order valence-electron chi connectivity index (χ2n) is 4.71. The van der Waals surface area contributed by atoms with Gasteiger partial charge in [-0.05, 0) is 12.5 Å². The Hall–Kier alpha value is -1.35. The molecule has 0 aliphatic rings. The van der Waals surface area contributed by atoms with Gasteiger partial charge in [0.15, 0.2) is 0 Å². The van der Waals surface area contributed by atoms with E-state index in [0.717, 1.165) is 0 Å². The predicted octanol–water partition coefficient (Wildman–Crippen LogP) is 1.85. The van der Waals surface area contributed by atoms with Crippen LogP contribution in [0.15, 0.2) is 54.6 Å². The van der Waals surface area contributed by atoms with Crippen molar-refractivity contribution in [1.82, 2.24) is 0 Å². The Labute approximate surface area is 120 Å². The predicted molar refractivity (Wildman–Crippen MR) is 74.5 cm³/mol. The van der Waals surface area contributed by atoms with E-state index in [-0.39, 0.29) is 18.9 Å². The Morgan fingerprint density at radius 2 is 1.61 bits per heavy atom. The fourth-order valence-electron chi connectivity index (χ4n) is 2.48. The molecule has 0 saturated carbocycles. The summed E-state index contributed by atoms with van der Waals surface area (Å²) < 4.78 is 0. The van der Waals surface area contributed by atoms with Crippen LogP contribution in [0.4, 0.5) is 0 Å². The van der Waals surface area contributed by atoms with Crippen LogP contribution in [-0.2, 0) is 0 Å². The number of hydrogen-bond acceptors (Lipinski definition) is 0. The molecule has 0 spiro atoms. The van der Waals surface area contributed by atoms with Crippen molar-refractivity contribution in [3.63, 3.8) is 0 Å². The van der Waals surface area contributed by atoms with E-state index in [4.69, 9.17) is 0 Å². The molecule has 0 amide bonds. The molecule has 0 radical (unpaired) electrons. The fourth-order valence-corrected chi connectivity index (χ4v) is 2.48. The monoisotopic (exact) mass is 226 g/mol. The van der Waals surface area contributed by atoms with Crippen LogP contribution in [0.1, 0.15) is 11.1 Å². The Kier molecular flexibility index (Phi) is 3.71. The molecule has 0 atom stereocenters. The van der Waals surface area contributed by atoms with Gasteiger partial charge in [-0.3, -0.25) is 0 Å². The summed E-state index contributed by atoms with van der Waals surface area (Å²) in [4.78, 5) is 0. The third-order valence-corrected chi connectivity index (χ3v) is 3.20. The van der Waals surface area contributed by atoms with E-state index in [2.05, 4.69) is 68.4 Å². The van der Waals surface area contributed by atoms with Crippen molar-refractivity contribution in [1.29, 1.82) is 0 Å².